The number of hydrogen-bond donors (Lipinski definition) is 1. The zero-order chi connectivity index (χ0) is 13.1. The van der Waals surface area contributed by atoms with E-state index in [1.54, 1.807) is 0 Å². The fraction of sp³-hybridized carbons (Fsp3) is 0.647. The molecule has 0 bridgehead atoms. The highest BCUT2D eigenvalue weighted by Crippen LogP contribution is 2.31. The first-order valence-corrected chi connectivity index (χ1v) is 7.41. The van der Waals surface area contributed by atoms with Crippen LogP contribution in [0.4, 0.5) is 0 Å². The third kappa shape index (κ3) is 3.14. The molecule has 2 N–H and O–H groups in total. The highest BCUT2D eigenvalue weighted by atomic mass is 14.6. The van der Waals surface area contributed by atoms with E-state index < -0.39 is 0 Å². The zero-order valence-electron chi connectivity index (χ0n) is 12.1. The fourth-order valence-electron chi connectivity index (χ4n) is 3.25. The summed E-state index contributed by atoms with van der Waals surface area (Å²) in [4.78, 5) is 0. The van der Waals surface area contributed by atoms with Gasteiger partial charge < -0.3 is 5.73 Å². The van der Waals surface area contributed by atoms with Crippen LogP contribution in [0.25, 0.3) is 0 Å². The van der Waals surface area contributed by atoms with Crippen molar-refractivity contribution >= 4 is 0 Å². The van der Waals surface area contributed by atoms with E-state index in [2.05, 4.69) is 32.9 Å². The highest BCUT2D eigenvalue weighted by Gasteiger charge is 2.17. The normalized spacial score (nSPS) is 18.2. The molecule has 1 aromatic rings. The Bertz CT molecular complexity index is 402. The topological polar surface area (TPSA) is 26.0 Å². The molecule has 1 aromatic carbocycles. The van der Waals surface area contributed by atoms with E-state index >= 15 is 0 Å². The molecule has 0 saturated heterocycles. The Morgan fingerprint density at radius 2 is 1.67 bits per heavy atom. The van der Waals surface area contributed by atoms with Gasteiger partial charge in [-0.05, 0) is 61.8 Å². The quantitative estimate of drug-likeness (QED) is 0.825. The minimum Gasteiger partial charge on any atom is -0.324 e. The van der Waals surface area contributed by atoms with Crippen LogP contribution in [0, 0.1) is 26.7 Å². The molecule has 1 aliphatic carbocycles. The predicted octanol–water partition coefficient (Wildman–Crippen LogP) is 4.58. The molecule has 2 rings (SSSR count). The van der Waals surface area contributed by atoms with Crippen LogP contribution in [0.1, 0.15) is 66.8 Å². The van der Waals surface area contributed by atoms with Gasteiger partial charge in [-0.15, -0.1) is 0 Å². The second kappa shape index (κ2) is 5.88. The van der Waals surface area contributed by atoms with Gasteiger partial charge in [-0.25, -0.2) is 0 Å². The maximum atomic E-state index is 6.39. The van der Waals surface area contributed by atoms with Crippen LogP contribution >= 0.6 is 0 Å². The van der Waals surface area contributed by atoms with Crippen molar-refractivity contribution in [2.45, 2.75) is 65.3 Å². The van der Waals surface area contributed by atoms with E-state index in [1.807, 2.05) is 0 Å². The van der Waals surface area contributed by atoms with E-state index in [0.29, 0.717) is 0 Å². The van der Waals surface area contributed by atoms with Crippen LogP contribution in [0.2, 0.25) is 0 Å². The van der Waals surface area contributed by atoms with Crippen molar-refractivity contribution < 1.29 is 0 Å². The lowest BCUT2D eigenvalue weighted by molar-refractivity contribution is 0.453. The van der Waals surface area contributed by atoms with Crippen molar-refractivity contribution in [1.29, 1.82) is 0 Å². The van der Waals surface area contributed by atoms with Crippen molar-refractivity contribution in [1.82, 2.24) is 0 Å². The van der Waals surface area contributed by atoms with Crippen LogP contribution in [-0.2, 0) is 0 Å². The first kappa shape index (κ1) is 13.6. The van der Waals surface area contributed by atoms with Gasteiger partial charge in [-0.2, -0.15) is 0 Å². The molecule has 1 aliphatic rings. The molecule has 1 unspecified atom stereocenters. The summed E-state index contributed by atoms with van der Waals surface area (Å²) in [6.07, 6.45) is 8.18. The van der Waals surface area contributed by atoms with Crippen molar-refractivity contribution in [3.63, 3.8) is 0 Å². The van der Waals surface area contributed by atoms with Crippen LogP contribution in [0.5, 0.6) is 0 Å². The molecule has 1 heteroatoms. The first-order chi connectivity index (χ1) is 8.58. The third-order valence-electron chi connectivity index (χ3n) is 4.64. The van der Waals surface area contributed by atoms with Gasteiger partial charge in [0, 0.05) is 6.04 Å². The average molecular weight is 245 g/mol. The molecule has 0 heterocycles. The van der Waals surface area contributed by atoms with Crippen LogP contribution in [-0.4, -0.2) is 0 Å². The van der Waals surface area contributed by atoms with Gasteiger partial charge in [0.15, 0.2) is 0 Å². The Kier molecular flexibility index (Phi) is 4.45. The van der Waals surface area contributed by atoms with Gasteiger partial charge in [0.25, 0.3) is 0 Å². The number of rotatable bonds is 4. The summed E-state index contributed by atoms with van der Waals surface area (Å²) in [5, 5.41) is 0. The molecule has 0 amide bonds. The van der Waals surface area contributed by atoms with E-state index in [1.165, 1.54) is 54.4 Å². The molecule has 0 aliphatic heterocycles. The summed E-state index contributed by atoms with van der Waals surface area (Å²) >= 11 is 0. The summed E-state index contributed by atoms with van der Waals surface area (Å²) < 4.78 is 0. The Morgan fingerprint density at radius 1 is 1.06 bits per heavy atom. The molecule has 0 spiro atoms. The lowest BCUT2D eigenvalue weighted by Gasteiger charge is -2.18. The zero-order valence-corrected chi connectivity index (χ0v) is 12.1. The first-order valence-electron chi connectivity index (χ1n) is 7.41. The molecule has 18 heavy (non-hydrogen) atoms. The minimum atomic E-state index is 0.227. The van der Waals surface area contributed by atoms with Crippen molar-refractivity contribution in [3.8, 4) is 0 Å². The Morgan fingerprint density at radius 3 is 2.33 bits per heavy atom. The standard InChI is InChI=1S/C17H27N/c1-12-10-14(3)16(11-13(12)2)17(18)9-8-15-6-4-5-7-15/h10-11,15,17H,4-9,18H2,1-3H3. The minimum absolute atomic E-state index is 0.227. The SMILES string of the molecule is Cc1cc(C)c(C(N)CCC2CCCC2)cc1C. The third-order valence-corrected chi connectivity index (χ3v) is 4.64. The van der Waals surface area contributed by atoms with Crippen molar-refractivity contribution in [2.24, 2.45) is 11.7 Å². The van der Waals surface area contributed by atoms with E-state index in [9.17, 15) is 0 Å². The number of aryl methyl sites for hydroxylation is 3. The lowest BCUT2D eigenvalue weighted by atomic mass is 9.91. The largest absolute Gasteiger partial charge is 0.324 e. The fourth-order valence-corrected chi connectivity index (χ4v) is 3.25. The van der Waals surface area contributed by atoms with Crippen molar-refractivity contribution in [2.75, 3.05) is 0 Å². The Hall–Kier alpha value is -0.820. The second-order valence-electron chi connectivity index (χ2n) is 6.13. The summed E-state index contributed by atoms with van der Waals surface area (Å²) in [7, 11) is 0. The van der Waals surface area contributed by atoms with Gasteiger partial charge in [0.05, 0.1) is 0 Å². The molecular formula is C17H27N. The van der Waals surface area contributed by atoms with Crippen LogP contribution < -0.4 is 5.73 Å². The van der Waals surface area contributed by atoms with Gasteiger partial charge in [-0.3, -0.25) is 0 Å². The van der Waals surface area contributed by atoms with Gasteiger partial charge in [0.2, 0.25) is 0 Å². The maximum absolute atomic E-state index is 6.39. The van der Waals surface area contributed by atoms with Crippen molar-refractivity contribution in [3.05, 3.63) is 34.4 Å². The van der Waals surface area contributed by atoms with Crippen LogP contribution in [0.3, 0.4) is 0 Å². The number of hydrogen-bond acceptors (Lipinski definition) is 1. The Balaban J connectivity index is 1.99. The van der Waals surface area contributed by atoms with Gasteiger partial charge in [0.1, 0.15) is 0 Å². The molecule has 0 aromatic heterocycles. The lowest BCUT2D eigenvalue weighted by Crippen LogP contribution is -2.13. The summed E-state index contributed by atoms with van der Waals surface area (Å²) in [5.74, 6) is 0.947. The molecular weight excluding hydrogens is 218 g/mol. The summed E-state index contributed by atoms with van der Waals surface area (Å²) in [6.45, 7) is 6.55. The monoisotopic (exact) mass is 245 g/mol. The summed E-state index contributed by atoms with van der Waals surface area (Å²) in [6, 6.07) is 4.80. The second-order valence-corrected chi connectivity index (χ2v) is 6.13. The van der Waals surface area contributed by atoms with Gasteiger partial charge >= 0.3 is 0 Å². The maximum Gasteiger partial charge on any atom is 0.0297 e. The van der Waals surface area contributed by atoms with E-state index in [4.69, 9.17) is 5.73 Å². The number of nitrogens with two attached hydrogens (primary N) is 1. The van der Waals surface area contributed by atoms with Gasteiger partial charge in [-0.1, -0.05) is 37.8 Å². The smallest absolute Gasteiger partial charge is 0.0297 e. The van der Waals surface area contributed by atoms with E-state index in [0.717, 1.165) is 12.3 Å². The van der Waals surface area contributed by atoms with E-state index in [-0.39, 0.29) is 6.04 Å². The molecule has 1 saturated carbocycles. The predicted molar refractivity (Wildman–Crippen MR) is 78.8 cm³/mol. The molecule has 1 nitrogen and oxygen atoms in total. The average Bonchev–Trinajstić information content (AvgIpc) is 2.84. The molecule has 1 atom stereocenters. The van der Waals surface area contributed by atoms with Crippen LogP contribution in [0.15, 0.2) is 12.1 Å². The Labute approximate surface area is 112 Å². The molecule has 0 radical (unpaired) electrons. The number of benzene rings is 1. The molecule has 100 valence electrons. The highest BCUT2D eigenvalue weighted by molar-refractivity contribution is 5.38. The molecule has 1 fully saturated rings. The summed E-state index contributed by atoms with van der Waals surface area (Å²) in [5.41, 5.74) is 11.9.